The molecule has 138 valence electrons. The van der Waals surface area contributed by atoms with Gasteiger partial charge in [-0.25, -0.2) is 9.78 Å². The zero-order chi connectivity index (χ0) is 18.5. The van der Waals surface area contributed by atoms with Crippen molar-refractivity contribution in [3.63, 3.8) is 0 Å². The number of oxazole rings is 1. The monoisotopic (exact) mass is 362 g/mol. The molecule has 0 bridgehead atoms. The van der Waals surface area contributed by atoms with E-state index in [9.17, 15) is 4.79 Å². The molecule has 1 aliphatic rings. The van der Waals surface area contributed by atoms with Crippen LogP contribution in [0, 0.1) is 0 Å². The molecule has 0 radical (unpaired) electrons. The maximum atomic E-state index is 12.6. The molecule has 4 rings (SSSR count). The van der Waals surface area contributed by atoms with E-state index in [0.29, 0.717) is 18.0 Å². The van der Waals surface area contributed by atoms with E-state index in [-0.39, 0.29) is 12.1 Å². The van der Waals surface area contributed by atoms with Crippen LogP contribution in [0.2, 0.25) is 0 Å². The summed E-state index contributed by atoms with van der Waals surface area (Å²) in [7, 11) is 0. The van der Waals surface area contributed by atoms with Gasteiger partial charge in [0.15, 0.2) is 0 Å². The molecular weight excluding hydrogens is 340 g/mol. The molecule has 6 nitrogen and oxygen atoms in total. The highest BCUT2D eigenvalue weighted by Gasteiger charge is 2.20. The number of aromatic nitrogens is 2. The number of hydrogen-bond donors (Lipinski definition) is 2. The highest BCUT2D eigenvalue weighted by atomic mass is 16.3. The van der Waals surface area contributed by atoms with Crippen LogP contribution in [0.1, 0.15) is 41.6 Å². The number of rotatable bonds is 5. The minimum absolute atomic E-state index is 0.299. The fourth-order valence-corrected chi connectivity index (χ4v) is 3.44. The van der Waals surface area contributed by atoms with Gasteiger partial charge in [0, 0.05) is 12.1 Å². The summed E-state index contributed by atoms with van der Waals surface area (Å²) in [5.41, 5.74) is 4.18. The topological polar surface area (TPSA) is 80.0 Å². The second-order valence-electron chi connectivity index (χ2n) is 6.75. The van der Waals surface area contributed by atoms with Crippen LogP contribution in [0.5, 0.6) is 0 Å². The third-order valence-corrected chi connectivity index (χ3v) is 4.76. The predicted octanol–water partition coefficient (Wildman–Crippen LogP) is 4.05. The molecule has 2 N–H and O–H groups in total. The zero-order valence-corrected chi connectivity index (χ0v) is 15.0. The Balaban J connectivity index is 1.45. The largest absolute Gasteiger partial charge is 0.447 e. The number of amides is 2. The standard InChI is InChI=1S/C21H22N4O2/c26-21(24-17-13-16-8-4-5-9-18(16)23-14-17)25-19(20-22-10-11-27-20)12-15-6-2-1-3-7-15/h1-3,6-7,10-11,13-14,19H,4-5,8-9,12H2,(H2,24,25,26). The molecule has 0 aliphatic heterocycles. The molecule has 0 saturated heterocycles. The van der Waals surface area contributed by atoms with Gasteiger partial charge in [-0.15, -0.1) is 0 Å². The molecule has 0 spiro atoms. The Bertz CT molecular complexity index is 894. The molecule has 1 aliphatic carbocycles. The first-order valence-corrected chi connectivity index (χ1v) is 9.26. The van der Waals surface area contributed by atoms with Crippen molar-refractivity contribution in [2.45, 2.75) is 38.1 Å². The van der Waals surface area contributed by atoms with E-state index in [1.807, 2.05) is 36.4 Å². The number of pyridine rings is 1. The molecule has 2 heterocycles. The Hall–Kier alpha value is -3.15. The number of hydrogen-bond acceptors (Lipinski definition) is 4. The van der Waals surface area contributed by atoms with Gasteiger partial charge in [-0.1, -0.05) is 30.3 Å². The summed E-state index contributed by atoms with van der Waals surface area (Å²) in [6, 6.07) is 11.3. The first-order chi connectivity index (χ1) is 13.3. The zero-order valence-electron chi connectivity index (χ0n) is 15.0. The van der Waals surface area contributed by atoms with Gasteiger partial charge in [0.2, 0.25) is 5.89 Å². The van der Waals surface area contributed by atoms with Gasteiger partial charge in [-0.3, -0.25) is 4.98 Å². The van der Waals surface area contributed by atoms with Gasteiger partial charge in [-0.05, 0) is 42.9 Å². The molecule has 1 aromatic carbocycles. The number of benzene rings is 1. The Kier molecular flexibility index (Phi) is 5.14. The van der Waals surface area contributed by atoms with Crippen LogP contribution in [0.25, 0.3) is 0 Å². The number of nitrogens with zero attached hydrogens (tertiary/aromatic N) is 2. The normalized spacial score (nSPS) is 14.2. The molecule has 2 aromatic heterocycles. The second-order valence-corrected chi connectivity index (χ2v) is 6.75. The van der Waals surface area contributed by atoms with Crippen molar-refractivity contribution in [3.05, 3.63) is 77.8 Å². The maximum Gasteiger partial charge on any atom is 0.319 e. The number of carbonyl (C=O) groups excluding carboxylic acids is 1. The van der Waals surface area contributed by atoms with E-state index >= 15 is 0 Å². The molecule has 1 unspecified atom stereocenters. The summed E-state index contributed by atoms with van der Waals surface area (Å²) < 4.78 is 5.43. The SMILES string of the molecule is O=C(Nc1cnc2c(c1)CCCC2)NC(Cc1ccccc1)c1ncco1. The molecular formula is C21H22N4O2. The number of carbonyl (C=O) groups is 1. The van der Waals surface area contributed by atoms with Crippen molar-refractivity contribution in [2.24, 2.45) is 0 Å². The van der Waals surface area contributed by atoms with Gasteiger partial charge in [-0.2, -0.15) is 0 Å². The molecule has 1 atom stereocenters. The number of fused-ring (bicyclic) bond motifs is 1. The van der Waals surface area contributed by atoms with E-state index in [1.165, 1.54) is 24.7 Å². The third-order valence-electron chi connectivity index (χ3n) is 4.76. The van der Waals surface area contributed by atoms with Crippen molar-refractivity contribution < 1.29 is 9.21 Å². The Morgan fingerprint density at radius 2 is 2.00 bits per heavy atom. The first kappa shape index (κ1) is 17.3. The van der Waals surface area contributed by atoms with Crippen LogP contribution < -0.4 is 10.6 Å². The van der Waals surface area contributed by atoms with Crippen LogP contribution in [0.4, 0.5) is 10.5 Å². The smallest absolute Gasteiger partial charge is 0.319 e. The first-order valence-electron chi connectivity index (χ1n) is 9.26. The average molecular weight is 362 g/mol. The number of nitrogens with one attached hydrogen (secondary N) is 2. The molecule has 27 heavy (non-hydrogen) atoms. The van der Waals surface area contributed by atoms with E-state index in [4.69, 9.17) is 4.42 Å². The van der Waals surface area contributed by atoms with Crippen molar-refractivity contribution in [3.8, 4) is 0 Å². The molecule has 2 amide bonds. The van der Waals surface area contributed by atoms with Crippen LogP contribution in [0.15, 0.2) is 59.5 Å². The summed E-state index contributed by atoms with van der Waals surface area (Å²) in [5, 5.41) is 5.85. The minimum atomic E-state index is -0.354. The summed E-state index contributed by atoms with van der Waals surface area (Å²) in [6.07, 6.45) is 9.81. The number of urea groups is 1. The number of anilines is 1. The molecule has 0 saturated carbocycles. The average Bonchev–Trinajstić information content (AvgIpc) is 3.23. The Morgan fingerprint density at radius 3 is 2.81 bits per heavy atom. The second kappa shape index (κ2) is 8.03. The fourth-order valence-electron chi connectivity index (χ4n) is 3.44. The van der Waals surface area contributed by atoms with E-state index in [2.05, 4.69) is 20.6 Å². The van der Waals surface area contributed by atoms with Crippen molar-refractivity contribution in [1.29, 1.82) is 0 Å². The van der Waals surface area contributed by atoms with Crippen LogP contribution in [-0.4, -0.2) is 16.0 Å². The third kappa shape index (κ3) is 4.34. The van der Waals surface area contributed by atoms with Crippen LogP contribution >= 0.6 is 0 Å². The van der Waals surface area contributed by atoms with Gasteiger partial charge in [0.05, 0.1) is 18.1 Å². The lowest BCUT2D eigenvalue weighted by molar-refractivity contribution is 0.245. The van der Waals surface area contributed by atoms with E-state index in [1.54, 1.807) is 12.4 Å². The van der Waals surface area contributed by atoms with E-state index < -0.39 is 0 Å². The lowest BCUT2D eigenvalue weighted by Gasteiger charge is -2.18. The number of aryl methyl sites for hydroxylation is 2. The van der Waals surface area contributed by atoms with Crippen molar-refractivity contribution in [1.82, 2.24) is 15.3 Å². The summed E-state index contributed by atoms with van der Waals surface area (Å²) >= 11 is 0. The van der Waals surface area contributed by atoms with Crippen LogP contribution in [-0.2, 0) is 19.3 Å². The van der Waals surface area contributed by atoms with Crippen LogP contribution in [0.3, 0.4) is 0 Å². The van der Waals surface area contributed by atoms with Gasteiger partial charge in [0.1, 0.15) is 12.3 Å². The summed E-state index contributed by atoms with van der Waals surface area (Å²) in [4.78, 5) is 21.3. The van der Waals surface area contributed by atoms with E-state index in [0.717, 1.165) is 24.1 Å². The highest BCUT2D eigenvalue weighted by Crippen LogP contribution is 2.22. The summed E-state index contributed by atoms with van der Waals surface area (Å²) in [6.45, 7) is 0. The fraction of sp³-hybridized carbons (Fsp3) is 0.286. The molecule has 3 aromatic rings. The van der Waals surface area contributed by atoms with Crippen molar-refractivity contribution in [2.75, 3.05) is 5.32 Å². The van der Waals surface area contributed by atoms with Gasteiger partial charge < -0.3 is 15.1 Å². The summed E-state index contributed by atoms with van der Waals surface area (Å²) in [5.74, 6) is 0.484. The van der Waals surface area contributed by atoms with Gasteiger partial charge >= 0.3 is 6.03 Å². The Morgan fingerprint density at radius 1 is 1.15 bits per heavy atom. The molecule has 6 heteroatoms. The predicted molar refractivity (Wildman–Crippen MR) is 102 cm³/mol. The lowest BCUT2D eigenvalue weighted by atomic mass is 9.96. The minimum Gasteiger partial charge on any atom is -0.447 e. The van der Waals surface area contributed by atoms with Crippen molar-refractivity contribution >= 4 is 11.7 Å². The lowest BCUT2D eigenvalue weighted by Crippen LogP contribution is -2.34. The molecule has 0 fully saturated rings. The van der Waals surface area contributed by atoms with Gasteiger partial charge in [0.25, 0.3) is 0 Å². The quantitative estimate of drug-likeness (QED) is 0.717. The highest BCUT2D eigenvalue weighted by molar-refractivity contribution is 5.89. The Labute approximate surface area is 158 Å². The maximum absolute atomic E-state index is 12.6.